The fourth-order valence-corrected chi connectivity index (χ4v) is 3.34. The Bertz CT molecular complexity index is 869. The van der Waals surface area contributed by atoms with Crippen LogP contribution in [0.2, 0.25) is 5.02 Å². The lowest BCUT2D eigenvalue weighted by molar-refractivity contribution is 0.0950. The molecule has 0 radical (unpaired) electrons. The minimum Gasteiger partial charge on any atom is -0.475 e. The van der Waals surface area contributed by atoms with Crippen LogP contribution < -0.4 is 10.1 Å². The molecule has 2 aromatic rings. The summed E-state index contributed by atoms with van der Waals surface area (Å²) in [5, 5.41) is 2.79. The van der Waals surface area contributed by atoms with E-state index in [4.69, 9.17) is 21.1 Å². The van der Waals surface area contributed by atoms with E-state index in [0.29, 0.717) is 19.1 Å². The lowest BCUT2D eigenvalue weighted by Gasteiger charge is -2.09. The topological polar surface area (TPSA) is 94.6 Å². The third-order valence-electron chi connectivity index (χ3n) is 3.38. The van der Waals surface area contributed by atoms with Gasteiger partial charge >= 0.3 is 0 Å². The third-order valence-corrected chi connectivity index (χ3v) is 4.96. The summed E-state index contributed by atoms with van der Waals surface area (Å²) in [5.74, 6) is 0.0552. The summed E-state index contributed by atoms with van der Waals surface area (Å²) in [6, 6.07) is 7.59. The second-order valence-electron chi connectivity index (χ2n) is 5.45. The van der Waals surface area contributed by atoms with Crippen molar-refractivity contribution in [3.05, 3.63) is 52.7 Å². The Morgan fingerprint density at radius 1 is 1.23 bits per heavy atom. The highest BCUT2D eigenvalue weighted by atomic mass is 35.5. The third kappa shape index (κ3) is 5.69. The molecule has 0 aliphatic carbocycles. The summed E-state index contributed by atoms with van der Waals surface area (Å²) in [6.45, 7) is 1.11. The van der Waals surface area contributed by atoms with Gasteiger partial charge in [-0.2, -0.15) is 0 Å². The van der Waals surface area contributed by atoms with Crippen LogP contribution >= 0.6 is 11.6 Å². The minimum absolute atomic E-state index is 0.0777. The molecule has 2 rings (SSSR count). The Labute approximate surface area is 157 Å². The molecular weight excluding hydrogens is 380 g/mol. The number of hydrogen-bond donors (Lipinski definition) is 1. The van der Waals surface area contributed by atoms with Gasteiger partial charge in [-0.1, -0.05) is 17.7 Å². The number of rotatable bonds is 8. The molecule has 0 aliphatic heterocycles. The van der Waals surface area contributed by atoms with Crippen molar-refractivity contribution in [3.8, 4) is 5.88 Å². The van der Waals surface area contributed by atoms with Crippen LogP contribution in [0.15, 0.2) is 41.4 Å². The quantitative estimate of drug-likeness (QED) is 0.684. The number of sulfone groups is 1. The van der Waals surface area contributed by atoms with Crippen LogP contribution in [0.1, 0.15) is 15.9 Å². The molecule has 0 spiro atoms. The van der Waals surface area contributed by atoms with Crippen LogP contribution in [0.25, 0.3) is 0 Å². The van der Waals surface area contributed by atoms with Crippen molar-refractivity contribution in [3.63, 3.8) is 0 Å². The van der Waals surface area contributed by atoms with E-state index >= 15 is 0 Å². The van der Waals surface area contributed by atoms with Gasteiger partial charge in [0.1, 0.15) is 6.61 Å². The number of hydrogen-bond acceptors (Lipinski definition) is 6. The van der Waals surface area contributed by atoms with Crippen molar-refractivity contribution in [2.75, 3.05) is 26.6 Å². The fourth-order valence-electron chi connectivity index (χ4n) is 2.04. The second kappa shape index (κ2) is 8.98. The highest BCUT2D eigenvalue weighted by molar-refractivity contribution is 7.90. The summed E-state index contributed by atoms with van der Waals surface area (Å²) >= 11 is 5.88. The highest BCUT2D eigenvalue weighted by Gasteiger charge is 2.15. The van der Waals surface area contributed by atoms with Crippen LogP contribution in [0.4, 0.5) is 0 Å². The molecule has 1 aromatic carbocycles. The number of methoxy groups -OCH3 is 1. The van der Waals surface area contributed by atoms with Crippen LogP contribution in [0.5, 0.6) is 5.88 Å². The largest absolute Gasteiger partial charge is 0.475 e. The Balaban J connectivity index is 1.98. The number of ether oxygens (including phenoxy) is 2. The van der Waals surface area contributed by atoms with Gasteiger partial charge in [0.15, 0.2) is 9.84 Å². The maximum atomic E-state index is 12.2. The summed E-state index contributed by atoms with van der Waals surface area (Å²) < 4.78 is 33.6. The van der Waals surface area contributed by atoms with Gasteiger partial charge in [-0.15, -0.1) is 0 Å². The normalized spacial score (nSPS) is 11.2. The first kappa shape index (κ1) is 20.2. The van der Waals surface area contributed by atoms with Crippen molar-refractivity contribution in [2.45, 2.75) is 11.4 Å². The number of carbonyl (C=O) groups is 1. The first-order valence-corrected chi connectivity index (χ1v) is 9.92. The van der Waals surface area contributed by atoms with Gasteiger partial charge in [-0.3, -0.25) is 4.79 Å². The van der Waals surface area contributed by atoms with Gasteiger partial charge in [0.25, 0.3) is 5.91 Å². The Hall–Kier alpha value is -2.16. The molecule has 0 aliphatic rings. The van der Waals surface area contributed by atoms with E-state index in [-0.39, 0.29) is 22.0 Å². The first-order chi connectivity index (χ1) is 12.3. The van der Waals surface area contributed by atoms with E-state index in [0.717, 1.165) is 11.8 Å². The van der Waals surface area contributed by atoms with Crippen molar-refractivity contribution < 1.29 is 22.7 Å². The van der Waals surface area contributed by atoms with E-state index in [1.165, 1.54) is 18.2 Å². The van der Waals surface area contributed by atoms with Crippen LogP contribution in [-0.4, -0.2) is 45.9 Å². The van der Waals surface area contributed by atoms with Gasteiger partial charge < -0.3 is 14.8 Å². The highest BCUT2D eigenvalue weighted by Crippen LogP contribution is 2.22. The molecule has 0 saturated carbocycles. The number of halogens is 1. The number of pyridine rings is 1. The van der Waals surface area contributed by atoms with Crippen LogP contribution in [0, 0.1) is 0 Å². The van der Waals surface area contributed by atoms with Gasteiger partial charge in [-0.25, -0.2) is 13.4 Å². The monoisotopic (exact) mass is 398 g/mol. The van der Waals surface area contributed by atoms with E-state index in [2.05, 4.69) is 10.3 Å². The molecule has 1 aromatic heterocycles. The number of benzene rings is 1. The zero-order valence-corrected chi connectivity index (χ0v) is 15.9. The van der Waals surface area contributed by atoms with Gasteiger partial charge in [-0.05, 0) is 23.8 Å². The summed E-state index contributed by atoms with van der Waals surface area (Å²) in [7, 11) is -1.93. The Kier molecular flexibility index (Phi) is 6.96. The minimum atomic E-state index is -3.52. The summed E-state index contributed by atoms with van der Waals surface area (Å²) in [4.78, 5) is 16.3. The van der Waals surface area contributed by atoms with Crippen LogP contribution in [-0.2, 0) is 21.1 Å². The molecular formula is C17H19ClN2O5S. The molecule has 0 bridgehead atoms. The van der Waals surface area contributed by atoms with Crippen molar-refractivity contribution in [1.82, 2.24) is 10.3 Å². The fraction of sp³-hybridized carbons (Fsp3) is 0.294. The van der Waals surface area contributed by atoms with Crippen LogP contribution in [0.3, 0.4) is 0 Å². The van der Waals surface area contributed by atoms with E-state index in [9.17, 15) is 13.2 Å². The maximum absolute atomic E-state index is 12.2. The zero-order valence-electron chi connectivity index (χ0n) is 14.4. The molecule has 1 N–H and O–H groups in total. The predicted octanol–water partition coefficient (Wildman–Crippen LogP) is 2.09. The molecule has 0 atom stereocenters. The number of nitrogens with zero attached hydrogens (tertiary/aromatic N) is 1. The van der Waals surface area contributed by atoms with Gasteiger partial charge in [0.2, 0.25) is 5.88 Å². The molecule has 1 heterocycles. The molecule has 9 heteroatoms. The Morgan fingerprint density at radius 2 is 2.00 bits per heavy atom. The lowest BCUT2D eigenvalue weighted by Crippen LogP contribution is -2.23. The lowest BCUT2D eigenvalue weighted by atomic mass is 10.2. The van der Waals surface area contributed by atoms with E-state index < -0.39 is 15.7 Å². The number of amides is 1. The standard InChI is InChI=1S/C17H19ClN2O5S/c1-24-7-8-25-16-6-3-12(10-19-16)11-20-17(21)13-4-5-14(18)15(9-13)26(2,22)23/h3-6,9-10H,7-8,11H2,1-2H3,(H,20,21). The maximum Gasteiger partial charge on any atom is 0.251 e. The SMILES string of the molecule is COCCOc1ccc(CNC(=O)c2ccc(Cl)c(S(C)(=O)=O)c2)cn1. The Morgan fingerprint density at radius 3 is 2.62 bits per heavy atom. The van der Waals surface area contributed by atoms with Gasteiger partial charge in [0, 0.05) is 37.7 Å². The summed E-state index contributed by atoms with van der Waals surface area (Å²) in [6.07, 6.45) is 2.63. The molecule has 0 unspecified atom stereocenters. The zero-order chi connectivity index (χ0) is 19.2. The first-order valence-electron chi connectivity index (χ1n) is 7.65. The molecule has 7 nitrogen and oxygen atoms in total. The predicted molar refractivity (Wildman–Crippen MR) is 97.3 cm³/mol. The molecule has 140 valence electrons. The average molecular weight is 399 g/mol. The van der Waals surface area contributed by atoms with Gasteiger partial charge in [0.05, 0.1) is 16.5 Å². The smallest absolute Gasteiger partial charge is 0.251 e. The summed E-state index contributed by atoms with van der Waals surface area (Å²) in [5.41, 5.74) is 0.983. The average Bonchev–Trinajstić information content (AvgIpc) is 2.60. The molecule has 1 amide bonds. The molecule has 0 saturated heterocycles. The molecule has 0 fully saturated rings. The number of nitrogens with one attached hydrogen (secondary N) is 1. The number of aromatic nitrogens is 1. The van der Waals surface area contributed by atoms with Crippen molar-refractivity contribution >= 4 is 27.3 Å². The second-order valence-corrected chi connectivity index (χ2v) is 7.84. The van der Waals surface area contributed by atoms with E-state index in [1.54, 1.807) is 25.4 Å². The van der Waals surface area contributed by atoms with Crippen molar-refractivity contribution in [2.24, 2.45) is 0 Å². The number of carbonyl (C=O) groups excluding carboxylic acids is 1. The van der Waals surface area contributed by atoms with Crippen molar-refractivity contribution in [1.29, 1.82) is 0 Å². The molecule has 26 heavy (non-hydrogen) atoms. The van der Waals surface area contributed by atoms with E-state index in [1.807, 2.05) is 0 Å².